The molecule has 0 aromatic heterocycles. The SMILES string of the molecule is CCCCCCCOc1ccccc1C1CC(CNC)NN1. The van der Waals surface area contributed by atoms with Gasteiger partial charge < -0.3 is 10.1 Å². The summed E-state index contributed by atoms with van der Waals surface area (Å²) in [4.78, 5) is 0. The van der Waals surface area contributed by atoms with Crippen molar-refractivity contribution in [2.45, 2.75) is 57.5 Å². The highest BCUT2D eigenvalue weighted by Crippen LogP contribution is 2.30. The van der Waals surface area contributed by atoms with E-state index in [4.69, 9.17) is 4.74 Å². The molecule has 1 heterocycles. The zero-order chi connectivity index (χ0) is 15.6. The number of unbranched alkanes of at least 4 members (excludes halogenated alkanes) is 4. The van der Waals surface area contributed by atoms with Crippen molar-refractivity contribution < 1.29 is 4.74 Å². The minimum atomic E-state index is 0.328. The lowest BCUT2D eigenvalue weighted by atomic mass is 10.0. The Morgan fingerprint density at radius 2 is 1.95 bits per heavy atom. The monoisotopic (exact) mass is 305 g/mol. The van der Waals surface area contributed by atoms with E-state index < -0.39 is 0 Å². The fourth-order valence-corrected chi connectivity index (χ4v) is 2.99. The lowest BCUT2D eigenvalue weighted by Gasteiger charge is -2.16. The first-order valence-electron chi connectivity index (χ1n) is 8.72. The van der Waals surface area contributed by atoms with Crippen molar-refractivity contribution in [1.82, 2.24) is 16.2 Å². The average Bonchev–Trinajstić information content (AvgIpc) is 3.00. The van der Waals surface area contributed by atoms with Crippen molar-refractivity contribution in [2.75, 3.05) is 20.2 Å². The standard InChI is InChI=1S/C18H31N3O/c1-3-4-5-6-9-12-22-18-11-8-7-10-16(18)17-13-15(14-19-2)20-21-17/h7-8,10-11,15,17,19-21H,3-6,9,12-14H2,1-2H3. The van der Waals surface area contributed by atoms with Gasteiger partial charge in [0.15, 0.2) is 0 Å². The van der Waals surface area contributed by atoms with E-state index in [1.54, 1.807) is 0 Å². The van der Waals surface area contributed by atoms with Gasteiger partial charge >= 0.3 is 0 Å². The molecule has 2 unspecified atom stereocenters. The Bertz CT molecular complexity index is 425. The Hall–Kier alpha value is -1.10. The number of rotatable bonds is 10. The molecule has 4 heteroatoms. The van der Waals surface area contributed by atoms with Gasteiger partial charge in [-0.3, -0.25) is 5.43 Å². The van der Waals surface area contributed by atoms with Crippen LogP contribution >= 0.6 is 0 Å². The van der Waals surface area contributed by atoms with Crippen LogP contribution in [0.5, 0.6) is 5.75 Å². The van der Waals surface area contributed by atoms with Crippen molar-refractivity contribution in [1.29, 1.82) is 0 Å². The maximum atomic E-state index is 6.04. The first-order valence-corrected chi connectivity index (χ1v) is 8.72. The van der Waals surface area contributed by atoms with Gasteiger partial charge in [0.1, 0.15) is 5.75 Å². The molecule has 0 amide bonds. The summed E-state index contributed by atoms with van der Waals surface area (Å²) in [5.41, 5.74) is 8.02. The van der Waals surface area contributed by atoms with Crippen molar-refractivity contribution in [3.63, 3.8) is 0 Å². The van der Waals surface area contributed by atoms with E-state index in [0.29, 0.717) is 12.1 Å². The maximum Gasteiger partial charge on any atom is 0.124 e. The van der Waals surface area contributed by atoms with Crippen LogP contribution in [0, 0.1) is 0 Å². The average molecular weight is 305 g/mol. The number of hydrazine groups is 1. The minimum Gasteiger partial charge on any atom is -0.493 e. The van der Waals surface area contributed by atoms with E-state index in [1.165, 1.54) is 31.2 Å². The highest BCUT2D eigenvalue weighted by atomic mass is 16.5. The predicted octanol–water partition coefficient (Wildman–Crippen LogP) is 3.16. The van der Waals surface area contributed by atoms with Crippen LogP contribution in [0.4, 0.5) is 0 Å². The van der Waals surface area contributed by atoms with Gasteiger partial charge in [0.05, 0.1) is 12.6 Å². The first-order chi connectivity index (χ1) is 10.8. The Morgan fingerprint density at radius 1 is 1.14 bits per heavy atom. The molecule has 2 atom stereocenters. The van der Waals surface area contributed by atoms with Crippen LogP contribution in [0.3, 0.4) is 0 Å². The lowest BCUT2D eigenvalue weighted by molar-refractivity contribution is 0.298. The summed E-state index contributed by atoms with van der Waals surface area (Å²) in [6.45, 7) is 4.04. The maximum absolute atomic E-state index is 6.04. The van der Waals surface area contributed by atoms with Crippen molar-refractivity contribution in [2.24, 2.45) is 0 Å². The number of hydrogen-bond acceptors (Lipinski definition) is 4. The number of hydrogen-bond donors (Lipinski definition) is 3. The third kappa shape index (κ3) is 5.27. The van der Waals surface area contributed by atoms with E-state index in [9.17, 15) is 0 Å². The van der Waals surface area contributed by atoms with E-state index in [1.807, 2.05) is 7.05 Å². The van der Waals surface area contributed by atoms with Crippen molar-refractivity contribution in [3.8, 4) is 5.75 Å². The van der Waals surface area contributed by atoms with E-state index >= 15 is 0 Å². The van der Waals surface area contributed by atoms with Crippen LogP contribution in [-0.4, -0.2) is 26.2 Å². The third-order valence-corrected chi connectivity index (χ3v) is 4.23. The van der Waals surface area contributed by atoms with E-state index in [-0.39, 0.29) is 0 Å². The largest absolute Gasteiger partial charge is 0.493 e. The second-order valence-corrected chi connectivity index (χ2v) is 6.13. The van der Waals surface area contributed by atoms with Crippen molar-refractivity contribution >= 4 is 0 Å². The molecule has 0 aliphatic carbocycles. The molecule has 1 fully saturated rings. The topological polar surface area (TPSA) is 45.3 Å². The molecule has 1 aromatic carbocycles. The Balaban J connectivity index is 1.82. The van der Waals surface area contributed by atoms with Gasteiger partial charge in [0.25, 0.3) is 0 Å². The first kappa shape index (κ1) is 17.3. The number of ether oxygens (including phenoxy) is 1. The number of likely N-dealkylation sites (N-methyl/N-ethyl adjacent to an activating group) is 1. The molecular formula is C18H31N3O. The van der Waals surface area contributed by atoms with Crippen LogP contribution in [0.2, 0.25) is 0 Å². The van der Waals surface area contributed by atoms with Gasteiger partial charge in [-0.15, -0.1) is 0 Å². The fraction of sp³-hybridized carbons (Fsp3) is 0.667. The highest BCUT2D eigenvalue weighted by molar-refractivity contribution is 5.36. The smallest absolute Gasteiger partial charge is 0.124 e. The molecule has 2 rings (SSSR count). The van der Waals surface area contributed by atoms with Gasteiger partial charge in [0, 0.05) is 18.2 Å². The molecule has 124 valence electrons. The van der Waals surface area contributed by atoms with Gasteiger partial charge in [-0.2, -0.15) is 0 Å². The molecule has 22 heavy (non-hydrogen) atoms. The fourth-order valence-electron chi connectivity index (χ4n) is 2.99. The molecular weight excluding hydrogens is 274 g/mol. The summed E-state index contributed by atoms with van der Waals surface area (Å²) in [5, 5.41) is 3.22. The van der Waals surface area contributed by atoms with E-state index in [0.717, 1.165) is 31.7 Å². The highest BCUT2D eigenvalue weighted by Gasteiger charge is 2.26. The summed E-state index contributed by atoms with van der Waals surface area (Å²) < 4.78 is 6.04. The number of nitrogens with one attached hydrogen (secondary N) is 3. The molecule has 0 spiro atoms. The summed E-state index contributed by atoms with van der Waals surface area (Å²) in [5.74, 6) is 1.03. The number of benzene rings is 1. The van der Waals surface area contributed by atoms with Crippen molar-refractivity contribution in [3.05, 3.63) is 29.8 Å². The molecule has 1 aliphatic heterocycles. The van der Waals surface area contributed by atoms with E-state index in [2.05, 4.69) is 47.4 Å². The summed E-state index contributed by atoms with van der Waals surface area (Å²) >= 11 is 0. The van der Waals surface area contributed by atoms with Crippen LogP contribution in [0.1, 0.15) is 57.1 Å². The second kappa shape index (κ2) is 9.82. The molecule has 3 N–H and O–H groups in total. The molecule has 0 bridgehead atoms. The molecule has 1 aliphatic rings. The molecule has 1 aromatic rings. The van der Waals surface area contributed by atoms with Crippen LogP contribution in [0.15, 0.2) is 24.3 Å². The van der Waals surface area contributed by atoms with Crippen LogP contribution in [0.25, 0.3) is 0 Å². The van der Waals surface area contributed by atoms with Crippen LogP contribution in [-0.2, 0) is 0 Å². The Kier molecular flexibility index (Phi) is 7.71. The molecule has 0 saturated carbocycles. The Labute approximate surface area is 135 Å². The summed E-state index contributed by atoms with van der Waals surface area (Å²) in [6.07, 6.45) is 7.44. The Morgan fingerprint density at radius 3 is 2.77 bits per heavy atom. The number of para-hydroxylation sites is 1. The summed E-state index contributed by atoms with van der Waals surface area (Å²) in [7, 11) is 1.99. The minimum absolute atomic E-state index is 0.328. The zero-order valence-electron chi connectivity index (χ0n) is 14.0. The van der Waals surface area contributed by atoms with Gasteiger partial charge in [-0.05, 0) is 26.0 Å². The van der Waals surface area contributed by atoms with Gasteiger partial charge in [-0.1, -0.05) is 50.8 Å². The normalized spacial score (nSPS) is 21.2. The van der Waals surface area contributed by atoms with Crippen LogP contribution < -0.4 is 20.9 Å². The van der Waals surface area contributed by atoms with Gasteiger partial charge in [0.2, 0.25) is 0 Å². The van der Waals surface area contributed by atoms with Gasteiger partial charge in [-0.25, -0.2) is 5.43 Å². The quantitative estimate of drug-likeness (QED) is 0.581. The molecule has 1 saturated heterocycles. The lowest BCUT2D eigenvalue weighted by Crippen LogP contribution is -2.36. The molecule has 0 radical (unpaired) electrons. The summed E-state index contributed by atoms with van der Waals surface area (Å²) in [6, 6.07) is 9.22. The zero-order valence-corrected chi connectivity index (χ0v) is 14.0. The molecule has 4 nitrogen and oxygen atoms in total. The second-order valence-electron chi connectivity index (χ2n) is 6.13. The predicted molar refractivity (Wildman–Crippen MR) is 92.0 cm³/mol. The third-order valence-electron chi connectivity index (χ3n) is 4.23.